The van der Waals surface area contributed by atoms with Gasteiger partial charge in [0, 0.05) is 68.2 Å². The molecule has 9 heteroatoms. The fraction of sp³-hybridized carbons (Fsp3) is 0.414. The normalized spacial score (nSPS) is 15.9. The highest BCUT2D eigenvalue weighted by molar-refractivity contribution is 5.95. The number of ether oxygens (including phenoxy) is 1. The number of rotatable bonds is 9. The SMILES string of the molecule is CN(C)CCCOc1nc2c(c(N3CCN(C=CC=O)CC3)n1)CCN(c1cc(O)cc3ccccc13)C2. The van der Waals surface area contributed by atoms with Crippen LogP contribution >= 0.6 is 0 Å². The van der Waals surface area contributed by atoms with Crippen LogP contribution in [0.4, 0.5) is 11.5 Å². The fourth-order valence-electron chi connectivity index (χ4n) is 5.24. The molecule has 0 aliphatic carbocycles. The number of aromatic nitrogens is 2. The maximum absolute atomic E-state index is 10.7. The number of aldehydes is 1. The molecule has 5 rings (SSSR count). The summed E-state index contributed by atoms with van der Waals surface area (Å²) in [6.45, 7) is 6.19. The molecule has 0 amide bonds. The second kappa shape index (κ2) is 11.7. The summed E-state index contributed by atoms with van der Waals surface area (Å²) >= 11 is 0. The van der Waals surface area contributed by atoms with Gasteiger partial charge in [0.15, 0.2) is 0 Å². The van der Waals surface area contributed by atoms with Gasteiger partial charge in [-0.2, -0.15) is 9.97 Å². The lowest BCUT2D eigenvalue weighted by Crippen LogP contribution is -2.45. The Morgan fingerprint density at radius 3 is 2.66 bits per heavy atom. The Kier molecular flexibility index (Phi) is 7.93. The van der Waals surface area contributed by atoms with Crippen molar-refractivity contribution in [2.75, 3.05) is 69.8 Å². The highest BCUT2D eigenvalue weighted by atomic mass is 16.5. The van der Waals surface area contributed by atoms with Gasteiger partial charge in [0.1, 0.15) is 17.9 Å². The van der Waals surface area contributed by atoms with Crippen LogP contribution in [-0.2, 0) is 17.8 Å². The maximum Gasteiger partial charge on any atom is 0.318 e. The minimum atomic E-state index is 0.263. The van der Waals surface area contributed by atoms with E-state index in [1.807, 2.05) is 30.5 Å². The van der Waals surface area contributed by atoms with E-state index in [0.717, 1.165) is 86.4 Å². The van der Waals surface area contributed by atoms with E-state index in [9.17, 15) is 9.90 Å². The molecule has 3 aromatic rings. The number of fused-ring (bicyclic) bond motifs is 2. The predicted octanol–water partition coefficient (Wildman–Crippen LogP) is 3.06. The average molecular weight is 517 g/mol. The number of carbonyl (C=O) groups is 1. The number of benzene rings is 2. The van der Waals surface area contributed by atoms with Gasteiger partial charge in [0.25, 0.3) is 0 Å². The second-order valence-electron chi connectivity index (χ2n) is 10.1. The zero-order valence-corrected chi connectivity index (χ0v) is 22.2. The second-order valence-corrected chi connectivity index (χ2v) is 10.1. The van der Waals surface area contributed by atoms with Gasteiger partial charge in [-0.3, -0.25) is 4.79 Å². The third-order valence-corrected chi connectivity index (χ3v) is 7.16. The van der Waals surface area contributed by atoms with Crippen LogP contribution in [0, 0.1) is 0 Å². The molecule has 2 aliphatic rings. The smallest absolute Gasteiger partial charge is 0.318 e. The Morgan fingerprint density at radius 1 is 1.05 bits per heavy atom. The zero-order valence-electron chi connectivity index (χ0n) is 22.2. The molecule has 0 atom stereocenters. The summed E-state index contributed by atoms with van der Waals surface area (Å²) in [5, 5.41) is 12.6. The topological polar surface area (TPSA) is 85.3 Å². The molecule has 0 radical (unpaired) electrons. The molecule has 1 saturated heterocycles. The van der Waals surface area contributed by atoms with Crippen LogP contribution in [0.25, 0.3) is 10.8 Å². The van der Waals surface area contributed by atoms with E-state index in [1.54, 1.807) is 12.1 Å². The van der Waals surface area contributed by atoms with Gasteiger partial charge in [-0.25, -0.2) is 0 Å². The minimum Gasteiger partial charge on any atom is -0.508 e. The van der Waals surface area contributed by atoms with Crippen LogP contribution in [-0.4, -0.2) is 91.1 Å². The summed E-state index contributed by atoms with van der Waals surface area (Å²) in [4.78, 5) is 29.4. The van der Waals surface area contributed by atoms with Crippen molar-refractivity contribution in [1.29, 1.82) is 0 Å². The zero-order chi connectivity index (χ0) is 26.5. The number of hydrogen-bond acceptors (Lipinski definition) is 9. The van der Waals surface area contributed by atoms with Crippen LogP contribution in [0.1, 0.15) is 17.7 Å². The number of anilines is 2. The number of hydrogen-bond donors (Lipinski definition) is 1. The molecule has 0 saturated carbocycles. The first kappa shape index (κ1) is 25.8. The number of piperazine rings is 1. The van der Waals surface area contributed by atoms with Crippen LogP contribution in [0.15, 0.2) is 48.7 Å². The molecular formula is C29H36N6O3. The minimum absolute atomic E-state index is 0.263. The Bertz CT molecular complexity index is 1300. The van der Waals surface area contributed by atoms with Gasteiger partial charge in [-0.1, -0.05) is 24.3 Å². The van der Waals surface area contributed by atoms with Crippen molar-refractivity contribution in [2.24, 2.45) is 0 Å². The van der Waals surface area contributed by atoms with Crippen LogP contribution in [0.3, 0.4) is 0 Å². The lowest BCUT2D eigenvalue weighted by Gasteiger charge is -2.38. The Hall–Kier alpha value is -3.85. The summed E-state index contributed by atoms with van der Waals surface area (Å²) in [7, 11) is 4.11. The molecular weight excluding hydrogens is 480 g/mol. The molecule has 0 spiro atoms. The molecule has 0 unspecified atom stereocenters. The summed E-state index contributed by atoms with van der Waals surface area (Å²) in [6.07, 6.45) is 5.92. The van der Waals surface area contributed by atoms with Gasteiger partial charge >= 0.3 is 6.01 Å². The molecule has 3 heterocycles. The van der Waals surface area contributed by atoms with Crippen LogP contribution < -0.4 is 14.5 Å². The first-order valence-electron chi connectivity index (χ1n) is 13.3. The number of aromatic hydroxyl groups is 1. The average Bonchev–Trinajstić information content (AvgIpc) is 2.93. The highest BCUT2D eigenvalue weighted by Crippen LogP contribution is 2.36. The van der Waals surface area contributed by atoms with Gasteiger partial charge in [0.05, 0.1) is 18.8 Å². The molecule has 1 fully saturated rings. The molecule has 38 heavy (non-hydrogen) atoms. The highest BCUT2D eigenvalue weighted by Gasteiger charge is 2.28. The van der Waals surface area contributed by atoms with E-state index in [0.29, 0.717) is 19.2 Å². The number of phenols is 1. The third-order valence-electron chi connectivity index (χ3n) is 7.16. The van der Waals surface area contributed by atoms with E-state index in [1.165, 1.54) is 5.56 Å². The molecule has 1 aromatic heterocycles. The summed E-state index contributed by atoms with van der Waals surface area (Å²) in [5.74, 6) is 1.22. The third kappa shape index (κ3) is 5.83. The standard InChI is InChI=1S/C29H36N6O3/c1-32(2)10-6-18-38-29-30-26-21-35(27-20-23(37)19-22-7-3-4-8-24(22)27)12-9-25(26)28(31-29)34-15-13-33(14-16-34)11-5-17-36/h3-5,7-8,11,17,19-20,37H,6,9-10,12-16,18,21H2,1-2H3. The molecule has 0 bridgehead atoms. The lowest BCUT2D eigenvalue weighted by molar-refractivity contribution is -0.104. The first-order chi connectivity index (χ1) is 18.5. The lowest BCUT2D eigenvalue weighted by atomic mass is 10.0. The maximum atomic E-state index is 10.7. The summed E-state index contributed by atoms with van der Waals surface area (Å²) in [6, 6.07) is 12.2. The quantitative estimate of drug-likeness (QED) is 0.262. The van der Waals surface area contributed by atoms with Crippen molar-refractivity contribution in [1.82, 2.24) is 19.8 Å². The Balaban J connectivity index is 1.43. The van der Waals surface area contributed by atoms with Crippen LogP contribution in [0.5, 0.6) is 11.8 Å². The fourth-order valence-corrected chi connectivity index (χ4v) is 5.24. The van der Waals surface area contributed by atoms with Crippen molar-refractivity contribution in [2.45, 2.75) is 19.4 Å². The Morgan fingerprint density at radius 2 is 1.87 bits per heavy atom. The van der Waals surface area contributed by atoms with E-state index in [2.05, 4.69) is 39.8 Å². The molecule has 9 nitrogen and oxygen atoms in total. The molecule has 200 valence electrons. The predicted molar refractivity (Wildman–Crippen MR) is 150 cm³/mol. The summed E-state index contributed by atoms with van der Waals surface area (Å²) < 4.78 is 6.06. The largest absolute Gasteiger partial charge is 0.508 e. The number of allylic oxidation sites excluding steroid dienone is 1. The summed E-state index contributed by atoms with van der Waals surface area (Å²) in [5.41, 5.74) is 3.15. The number of carbonyl (C=O) groups excluding carboxylic acids is 1. The molecule has 2 aliphatic heterocycles. The first-order valence-corrected chi connectivity index (χ1v) is 13.3. The van der Waals surface area contributed by atoms with Crippen molar-refractivity contribution in [3.05, 3.63) is 59.9 Å². The van der Waals surface area contributed by atoms with E-state index >= 15 is 0 Å². The molecule has 1 N–H and O–H groups in total. The van der Waals surface area contributed by atoms with Gasteiger partial charge in [0.2, 0.25) is 0 Å². The van der Waals surface area contributed by atoms with E-state index < -0.39 is 0 Å². The van der Waals surface area contributed by atoms with E-state index in [-0.39, 0.29) is 5.75 Å². The number of phenolic OH excluding ortho intramolecular Hbond substituents is 1. The van der Waals surface area contributed by atoms with Crippen molar-refractivity contribution < 1.29 is 14.6 Å². The Labute approximate surface area is 223 Å². The monoisotopic (exact) mass is 516 g/mol. The van der Waals surface area contributed by atoms with Gasteiger partial charge in [-0.05, 0) is 44.5 Å². The van der Waals surface area contributed by atoms with Crippen molar-refractivity contribution in [3.63, 3.8) is 0 Å². The number of nitrogens with zero attached hydrogens (tertiary/aromatic N) is 6. The van der Waals surface area contributed by atoms with Crippen LogP contribution in [0.2, 0.25) is 0 Å². The van der Waals surface area contributed by atoms with Gasteiger partial charge < -0.3 is 29.4 Å². The molecule has 2 aromatic carbocycles. The van der Waals surface area contributed by atoms with Gasteiger partial charge in [-0.15, -0.1) is 0 Å². The van der Waals surface area contributed by atoms with Crippen molar-refractivity contribution in [3.8, 4) is 11.8 Å². The van der Waals surface area contributed by atoms with E-state index in [4.69, 9.17) is 14.7 Å². The van der Waals surface area contributed by atoms with Crippen molar-refractivity contribution >= 4 is 28.6 Å².